The Morgan fingerprint density at radius 3 is 1.97 bits per heavy atom. The first-order chi connectivity index (χ1) is 13.9. The van der Waals surface area contributed by atoms with Crippen LogP contribution in [0.4, 0.5) is 0 Å². The van der Waals surface area contributed by atoms with Crippen molar-refractivity contribution in [3.8, 4) is 0 Å². The van der Waals surface area contributed by atoms with Crippen LogP contribution in [0, 0.1) is 25.7 Å². The fourth-order valence-corrected chi connectivity index (χ4v) is 9.19. The molecule has 0 aromatic carbocycles. The predicted molar refractivity (Wildman–Crippen MR) is 122 cm³/mol. The fraction of sp³-hybridized carbons (Fsp3) is 0.750. The Morgan fingerprint density at radius 2 is 1.50 bits per heavy atom. The van der Waals surface area contributed by atoms with Crippen LogP contribution in [-0.2, 0) is 20.1 Å². The van der Waals surface area contributed by atoms with Crippen LogP contribution in [0.2, 0.25) is 11.1 Å². The largest absolute Gasteiger partial charge is 0.465 e. The van der Waals surface area contributed by atoms with Gasteiger partial charge in [-0.15, -0.1) is 0 Å². The first-order valence-electron chi connectivity index (χ1n) is 11.4. The quantitative estimate of drug-likeness (QED) is 0.420. The Kier molecular flexibility index (Phi) is 7.92. The molecule has 1 aromatic rings. The molecule has 2 heterocycles. The molecule has 1 aliphatic heterocycles. The summed E-state index contributed by atoms with van der Waals surface area (Å²) in [6.07, 6.45) is 1.27. The zero-order valence-electron chi connectivity index (χ0n) is 20.4. The van der Waals surface area contributed by atoms with Gasteiger partial charge in [-0.2, -0.15) is 0 Å². The average Bonchev–Trinajstić information content (AvgIpc) is 2.71. The summed E-state index contributed by atoms with van der Waals surface area (Å²) in [6.45, 7) is 20.4. The molecule has 0 amide bonds. The van der Waals surface area contributed by atoms with Crippen LogP contribution in [0.3, 0.4) is 0 Å². The molecule has 0 spiro atoms. The Labute approximate surface area is 182 Å². The zero-order valence-corrected chi connectivity index (χ0v) is 21.4. The molecule has 0 radical (unpaired) electrons. The average molecular weight is 437 g/mol. The van der Waals surface area contributed by atoms with Crippen LogP contribution in [-0.4, -0.2) is 27.1 Å². The summed E-state index contributed by atoms with van der Waals surface area (Å²) < 4.78 is 19.8. The molecule has 0 N–H and O–H groups in total. The summed E-state index contributed by atoms with van der Waals surface area (Å²) in [6, 6.07) is 0. The molecule has 0 unspecified atom stereocenters. The predicted octanol–water partition coefficient (Wildman–Crippen LogP) is 5.44. The second-order valence-corrected chi connectivity index (χ2v) is 13.9. The van der Waals surface area contributed by atoms with Gasteiger partial charge in [0.2, 0.25) is 0 Å². The van der Waals surface area contributed by atoms with Gasteiger partial charge in [0, 0.05) is 35.3 Å². The lowest BCUT2D eigenvalue weighted by Crippen LogP contribution is -2.62. The van der Waals surface area contributed by atoms with Gasteiger partial charge >= 0.3 is 8.56 Å². The van der Waals surface area contributed by atoms with Crippen molar-refractivity contribution in [3.63, 3.8) is 0 Å². The lowest BCUT2D eigenvalue weighted by atomic mass is 9.83. The highest BCUT2D eigenvalue weighted by atomic mass is 28.4. The van der Waals surface area contributed by atoms with Crippen molar-refractivity contribution in [2.24, 2.45) is 11.8 Å². The number of hydrogen-bond donors (Lipinski definition) is 0. The van der Waals surface area contributed by atoms with Crippen molar-refractivity contribution in [1.29, 1.82) is 0 Å². The summed E-state index contributed by atoms with van der Waals surface area (Å²) in [5, 5.41) is 0. The maximum absolute atomic E-state index is 12.8. The summed E-state index contributed by atoms with van der Waals surface area (Å²) in [5.74, 6) is 1.10. The number of aryl methyl sites for hydroxylation is 1. The van der Waals surface area contributed by atoms with E-state index in [-0.39, 0.29) is 46.5 Å². The molecule has 30 heavy (non-hydrogen) atoms. The fourth-order valence-electron chi connectivity index (χ4n) is 5.01. The second-order valence-electron chi connectivity index (χ2n) is 9.66. The smallest absolute Gasteiger partial charge is 0.343 e. The van der Waals surface area contributed by atoms with Crippen molar-refractivity contribution in [3.05, 3.63) is 32.9 Å². The molecule has 2 rings (SSSR count). The van der Waals surface area contributed by atoms with Gasteiger partial charge in [-0.05, 0) is 24.9 Å². The number of carbonyl (C=O) groups excluding carboxylic acids is 1. The molecule has 0 bridgehead atoms. The van der Waals surface area contributed by atoms with Gasteiger partial charge in [-0.3, -0.25) is 4.79 Å². The highest BCUT2D eigenvalue weighted by molar-refractivity contribution is 6.70. The zero-order chi connectivity index (χ0) is 23.0. The third-order valence-electron chi connectivity index (χ3n) is 6.95. The van der Waals surface area contributed by atoms with Gasteiger partial charge < -0.3 is 18.1 Å². The molecular weight excluding hydrogens is 396 g/mol. The van der Waals surface area contributed by atoms with E-state index < -0.39 is 8.56 Å². The molecule has 0 saturated carbocycles. The van der Waals surface area contributed by atoms with E-state index in [0.717, 1.165) is 12.0 Å². The maximum atomic E-state index is 12.8. The summed E-state index contributed by atoms with van der Waals surface area (Å²) in [5.41, 5.74) is 1.86. The Morgan fingerprint density at radius 1 is 0.967 bits per heavy atom. The van der Waals surface area contributed by atoms with Gasteiger partial charge in [-0.1, -0.05) is 55.4 Å². The van der Waals surface area contributed by atoms with Gasteiger partial charge in [-0.25, -0.2) is 0 Å². The SMILES string of the molecule is CCc1oc([C@@H](C)[C@H]2O[Si](C(C)C)(C(C)C)O[C@@H]([C@@H](C)C=O)[C@H]2C)c(C)c(=O)c1C. The van der Waals surface area contributed by atoms with Gasteiger partial charge in [0.05, 0.1) is 12.2 Å². The van der Waals surface area contributed by atoms with Gasteiger partial charge in [0.1, 0.15) is 17.8 Å². The van der Waals surface area contributed by atoms with Crippen LogP contribution in [0.5, 0.6) is 0 Å². The van der Waals surface area contributed by atoms with E-state index in [1.54, 1.807) is 0 Å². The molecular formula is C24H40O5Si. The minimum Gasteiger partial charge on any atom is -0.465 e. The van der Waals surface area contributed by atoms with E-state index in [9.17, 15) is 9.59 Å². The molecule has 6 heteroatoms. The van der Waals surface area contributed by atoms with Crippen LogP contribution in [0.25, 0.3) is 0 Å². The Hall–Kier alpha value is -1.24. The van der Waals surface area contributed by atoms with Crippen molar-refractivity contribution in [2.75, 3.05) is 0 Å². The van der Waals surface area contributed by atoms with E-state index in [1.807, 2.05) is 27.7 Å². The van der Waals surface area contributed by atoms with Crippen LogP contribution < -0.4 is 5.43 Å². The molecule has 1 aromatic heterocycles. The number of hydrogen-bond acceptors (Lipinski definition) is 5. The number of carbonyl (C=O) groups is 1. The first-order valence-corrected chi connectivity index (χ1v) is 13.3. The van der Waals surface area contributed by atoms with E-state index in [4.69, 9.17) is 13.3 Å². The monoisotopic (exact) mass is 436 g/mol. The minimum absolute atomic E-state index is 0.00518. The maximum Gasteiger partial charge on any atom is 0.343 e. The van der Waals surface area contributed by atoms with E-state index in [2.05, 4.69) is 41.5 Å². The molecule has 1 fully saturated rings. The van der Waals surface area contributed by atoms with Gasteiger partial charge in [0.25, 0.3) is 0 Å². The van der Waals surface area contributed by atoms with Gasteiger partial charge in [0.15, 0.2) is 5.43 Å². The summed E-state index contributed by atoms with van der Waals surface area (Å²) >= 11 is 0. The van der Waals surface area contributed by atoms with Crippen LogP contribution >= 0.6 is 0 Å². The molecule has 1 saturated heterocycles. The summed E-state index contributed by atoms with van der Waals surface area (Å²) in [7, 11) is -2.62. The number of aldehydes is 1. The van der Waals surface area contributed by atoms with Crippen molar-refractivity contribution in [2.45, 2.75) is 105 Å². The second kappa shape index (κ2) is 9.49. The van der Waals surface area contributed by atoms with Crippen molar-refractivity contribution >= 4 is 14.8 Å². The van der Waals surface area contributed by atoms with E-state index >= 15 is 0 Å². The molecule has 5 atom stereocenters. The van der Waals surface area contributed by atoms with Crippen molar-refractivity contribution in [1.82, 2.24) is 0 Å². The molecule has 170 valence electrons. The molecule has 1 aliphatic rings. The molecule has 0 aliphatic carbocycles. The van der Waals surface area contributed by atoms with Crippen LogP contribution in [0.1, 0.15) is 84.0 Å². The summed E-state index contributed by atoms with van der Waals surface area (Å²) in [4.78, 5) is 24.5. The van der Waals surface area contributed by atoms with E-state index in [1.165, 1.54) is 0 Å². The lowest BCUT2D eigenvalue weighted by Gasteiger charge is -2.52. The standard InChI is InChI=1S/C24H40O5Si/c1-11-20-16(7)21(26)17(8)23(27-20)19(10)24-18(9)22(15(6)12-25)28-30(29-24,13(2)3)14(4)5/h12-15,18-19,22,24H,11H2,1-10H3/t15-,18+,19+,22-,24-/m0/s1. The number of rotatable bonds is 7. The Bertz CT molecular complexity index is 805. The third-order valence-corrected chi connectivity index (χ3v) is 11.4. The van der Waals surface area contributed by atoms with Crippen molar-refractivity contribution < 1.29 is 18.1 Å². The topological polar surface area (TPSA) is 65.7 Å². The normalized spacial score (nSPS) is 26.1. The highest BCUT2D eigenvalue weighted by Crippen LogP contribution is 2.47. The highest BCUT2D eigenvalue weighted by Gasteiger charge is 2.56. The lowest BCUT2D eigenvalue weighted by molar-refractivity contribution is -0.122. The van der Waals surface area contributed by atoms with Crippen LogP contribution in [0.15, 0.2) is 9.21 Å². The molecule has 5 nitrogen and oxygen atoms in total. The minimum atomic E-state index is -2.62. The first kappa shape index (κ1) is 25.0. The third kappa shape index (κ3) is 4.23. The van der Waals surface area contributed by atoms with E-state index in [0.29, 0.717) is 23.3 Å². The Balaban J connectivity index is 2.61.